The Bertz CT molecular complexity index is 844. The molecule has 2 aromatic rings. The van der Waals surface area contributed by atoms with Crippen molar-refractivity contribution < 1.29 is 18.7 Å². The fourth-order valence-electron chi connectivity index (χ4n) is 4.33. The first kappa shape index (κ1) is 22.8. The second-order valence-corrected chi connectivity index (χ2v) is 9.58. The second kappa shape index (κ2) is 9.98. The van der Waals surface area contributed by atoms with E-state index in [1.165, 1.54) is 35.2 Å². The number of carbonyl (C=O) groups excluding carboxylic acids is 1. The van der Waals surface area contributed by atoms with E-state index in [0.717, 1.165) is 31.7 Å². The van der Waals surface area contributed by atoms with Crippen molar-refractivity contribution in [2.24, 2.45) is 0 Å². The second-order valence-electron chi connectivity index (χ2n) is 8.29. The lowest BCUT2D eigenvalue weighted by Crippen LogP contribution is -2.52. The average molecular weight is 437 g/mol. The van der Waals surface area contributed by atoms with Crippen LogP contribution in [0.5, 0.6) is 0 Å². The zero-order valence-corrected chi connectivity index (χ0v) is 18.3. The summed E-state index contributed by atoms with van der Waals surface area (Å²) < 4.78 is 27.1. The van der Waals surface area contributed by atoms with Crippen molar-refractivity contribution in [3.05, 3.63) is 57.3 Å². The van der Waals surface area contributed by atoms with E-state index in [1.54, 1.807) is 11.3 Å². The monoisotopic (exact) mass is 436 g/mol. The van der Waals surface area contributed by atoms with Crippen LogP contribution in [0.25, 0.3) is 0 Å². The number of aliphatic hydroxyl groups excluding tert-OH is 1. The maximum absolute atomic E-state index is 13.6. The van der Waals surface area contributed by atoms with Crippen molar-refractivity contribution >= 4 is 17.2 Å². The van der Waals surface area contributed by atoms with Gasteiger partial charge in [0.05, 0.1) is 17.7 Å². The van der Waals surface area contributed by atoms with Gasteiger partial charge in [-0.05, 0) is 56.0 Å². The van der Waals surface area contributed by atoms with Crippen LogP contribution in [0.2, 0.25) is 0 Å². The third-order valence-electron chi connectivity index (χ3n) is 5.80. The topological polar surface area (TPSA) is 61.4 Å². The molecule has 1 aliphatic rings. The van der Waals surface area contributed by atoms with Crippen LogP contribution in [0.15, 0.2) is 30.3 Å². The van der Waals surface area contributed by atoms with Gasteiger partial charge in [0.25, 0.3) is 0 Å². The maximum Gasteiger partial charge on any atom is 0.217 e. The summed E-state index contributed by atoms with van der Waals surface area (Å²) >= 11 is 1.77. The number of hydrogen-bond acceptors (Lipinski definition) is 4. The number of benzene rings is 1. The number of aliphatic hydroxyl groups is 1. The van der Waals surface area contributed by atoms with Gasteiger partial charge in [-0.3, -0.25) is 4.79 Å². The molecule has 1 aromatic carbocycles. The highest BCUT2D eigenvalue weighted by Crippen LogP contribution is 2.40. The summed E-state index contributed by atoms with van der Waals surface area (Å²) in [4.78, 5) is 14.2. The summed E-state index contributed by atoms with van der Waals surface area (Å²) in [5.41, 5.74) is 0.218. The van der Waals surface area contributed by atoms with Gasteiger partial charge in [0, 0.05) is 29.3 Å². The molecule has 2 atom stereocenters. The average Bonchev–Trinajstić information content (AvgIpc) is 3.12. The van der Waals surface area contributed by atoms with E-state index in [2.05, 4.69) is 29.7 Å². The van der Waals surface area contributed by atoms with E-state index in [-0.39, 0.29) is 24.4 Å². The largest absolute Gasteiger partial charge is 0.390 e. The number of rotatable bonds is 8. The van der Waals surface area contributed by atoms with E-state index in [9.17, 15) is 18.7 Å². The van der Waals surface area contributed by atoms with E-state index >= 15 is 0 Å². The van der Waals surface area contributed by atoms with E-state index < -0.39 is 23.8 Å². The van der Waals surface area contributed by atoms with Gasteiger partial charge in [0.1, 0.15) is 11.6 Å². The highest BCUT2D eigenvalue weighted by molar-refractivity contribution is 7.12. The Hall–Kier alpha value is -1.83. The van der Waals surface area contributed by atoms with Crippen molar-refractivity contribution in [1.29, 1.82) is 0 Å². The molecule has 0 saturated heterocycles. The summed E-state index contributed by atoms with van der Waals surface area (Å²) in [6, 6.07) is 6.90. The molecule has 3 rings (SSSR count). The molecule has 1 aliphatic carbocycles. The molecule has 4 nitrogen and oxygen atoms in total. The van der Waals surface area contributed by atoms with Crippen molar-refractivity contribution in [3.63, 3.8) is 0 Å². The van der Waals surface area contributed by atoms with Crippen LogP contribution >= 0.6 is 11.3 Å². The summed E-state index contributed by atoms with van der Waals surface area (Å²) in [6.07, 6.45) is 4.69. The summed E-state index contributed by atoms with van der Waals surface area (Å²) in [6.45, 7) is 3.74. The van der Waals surface area contributed by atoms with Crippen LogP contribution in [0, 0.1) is 18.6 Å². The molecule has 1 heterocycles. The molecule has 30 heavy (non-hydrogen) atoms. The maximum atomic E-state index is 13.6. The lowest BCUT2D eigenvalue weighted by atomic mass is 9.80. The van der Waals surface area contributed by atoms with Crippen molar-refractivity contribution in [3.8, 4) is 0 Å². The zero-order chi connectivity index (χ0) is 21.7. The van der Waals surface area contributed by atoms with Crippen LogP contribution in [-0.2, 0) is 16.8 Å². The Morgan fingerprint density at radius 1 is 1.17 bits per heavy atom. The smallest absolute Gasteiger partial charge is 0.217 e. The Kier molecular flexibility index (Phi) is 7.60. The molecular formula is C23H30F2N2O2S. The molecule has 1 saturated carbocycles. The van der Waals surface area contributed by atoms with E-state index in [4.69, 9.17) is 0 Å². The van der Waals surface area contributed by atoms with Crippen LogP contribution in [-0.4, -0.2) is 29.7 Å². The highest BCUT2D eigenvalue weighted by atomic mass is 32.1. The summed E-state index contributed by atoms with van der Waals surface area (Å²) in [7, 11) is 0. The molecular weight excluding hydrogens is 406 g/mol. The van der Waals surface area contributed by atoms with Gasteiger partial charge >= 0.3 is 0 Å². The van der Waals surface area contributed by atoms with Gasteiger partial charge < -0.3 is 15.7 Å². The van der Waals surface area contributed by atoms with Crippen molar-refractivity contribution in [1.82, 2.24) is 10.6 Å². The fraction of sp³-hybridized carbons (Fsp3) is 0.522. The van der Waals surface area contributed by atoms with Crippen LogP contribution in [0.1, 0.15) is 54.3 Å². The highest BCUT2D eigenvalue weighted by Gasteiger charge is 2.36. The minimum absolute atomic E-state index is 0.141. The third kappa shape index (κ3) is 5.86. The summed E-state index contributed by atoms with van der Waals surface area (Å²) in [5, 5.41) is 17.2. The number of carbonyl (C=O) groups is 1. The number of thiophene rings is 1. The molecule has 0 spiro atoms. The molecule has 2 unspecified atom stereocenters. The molecule has 0 aliphatic heterocycles. The number of nitrogens with one attached hydrogen (secondary N) is 2. The fourth-order valence-corrected chi connectivity index (χ4v) is 5.42. The van der Waals surface area contributed by atoms with Gasteiger partial charge in [0.15, 0.2) is 0 Å². The quantitative estimate of drug-likeness (QED) is 0.582. The molecule has 7 heteroatoms. The number of halogens is 2. The third-order valence-corrected chi connectivity index (χ3v) is 7.00. The lowest BCUT2D eigenvalue weighted by Gasteiger charge is -2.39. The minimum atomic E-state index is -0.903. The predicted molar refractivity (Wildman–Crippen MR) is 115 cm³/mol. The van der Waals surface area contributed by atoms with Crippen molar-refractivity contribution in [2.45, 2.75) is 70.1 Å². The summed E-state index contributed by atoms with van der Waals surface area (Å²) in [5.74, 6) is -1.64. The Balaban J connectivity index is 1.73. The normalized spacial score (nSPS) is 18.0. The van der Waals surface area contributed by atoms with Gasteiger partial charge in [-0.15, -0.1) is 11.3 Å². The van der Waals surface area contributed by atoms with Gasteiger partial charge in [-0.1, -0.05) is 19.3 Å². The number of amides is 1. The van der Waals surface area contributed by atoms with Gasteiger partial charge in [-0.2, -0.15) is 0 Å². The molecule has 1 fully saturated rings. The molecule has 3 N–H and O–H groups in total. The number of aryl methyl sites for hydroxylation is 1. The molecule has 0 radical (unpaired) electrons. The van der Waals surface area contributed by atoms with E-state index in [0.29, 0.717) is 5.56 Å². The Morgan fingerprint density at radius 2 is 1.83 bits per heavy atom. The van der Waals surface area contributed by atoms with Crippen molar-refractivity contribution in [2.75, 3.05) is 6.54 Å². The standard InChI is InChI=1S/C23H30F2N2O2S/c1-15-6-7-22(30-15)23(8-4-3-5-9-23)26-14-21(29)20(27-16(2)28)12-17-10-18(24)13-19(25)11-17/h6-7,10-11,13,20-21,26,29H,3-5,8-9,12,14H2,1-2H3,(H,27,28). The lowest BCUT2D eigenvalue weighted by molar-refractivity contribution is -0.120. The van der Waals surface area contributed by atoms with Crippen LogP contribution in [0.4, 0.5) is 8.78 Å². The van der Waals surface area contributed by atoms with Crippen LogP contribution < -0.4 is 10.6 Å². The zero-order valence-electron chi connectivity index (χ0n) is 17.5. The first-order chi connectivity index (χ1) is 14.3. The van der Waals surface area contributed by atoms with Gasteiger partial charge in [0.2, 0.25) is 5.91 Å². The molecule has 1 amide bonds. The minimum Gasteiger partial charge on any atom is -0.390 e. The van der Waals surface area contributed by atoms with Gasteiger partial charge in [-0.25, -0.2) is 8.78 Å². The number of hydrogen-bond donors (Lipinski definition) is 3. The first-order valence-electron chi connectivity index (χ1n) is 10.5. The Morgan fingerprint density at radius 3 is 2.40 bits per heavy atom. The molecule has 1 aromatic heterocycles. The van der Waals surface area contributed by atoms with Crippen LogP contribution in [0.3, 0.4) is 0 Å². The molecule has 0 bridgehead atoms. The first-order valence-corrected chi connectivity index (χ1v) is 11.3. The van der Waals surface area contributed by atoms with E-state index in [1.807, 2.05) is 0 Å². The molecule has 164 valence electrons. The SMILES string of the molecule is CC(=O)NC(Cc1cc(F)cc(F)c1)C(O)CNC1(c2ccc(C)s2)CCCCC1. The Labute approximate surface area is 180 Å². The predicted octanol–water partition coefficient (Wildman–Crippen LogP) is 4.19.